The van der Waals surface area contributed by atoms with E-state index < -0.39 is 0 Å². The highest BCUT2D eigenvalue weighted by Gasteiger charge is 2.11. The molecule has 0 aliphatic heterocycles. The number of anilines is 1. The second-order valence-electron chi connectivity index (χ2n) is 6.81. The zero-order valence-corrected chi connectivity index (χ0v) is 15.9. The summed E-state index contributed by atoms with van der Waals surface area (Å²) in [6.07, 6.45) is 0.241. The molecule has 0 saturated carbocycles. The van der Waals surface area contributed by atoms with Gasteiger partial charge in [0, 0.05) is 43.8 Å². The van der Waals surface area contributed by atoms with Crippen molar-refractivity contribution < 1.29 is 14.4 Å². The van der Waals surface area contributed by atoms with Crippen LogP contribution < -0.4 is 5.32 Å². The molecule has 0 aliphatic carbocycles. The average molecular weight is 374 g/mol. The molecule has 0 bridgehead atoms. The fourth-order valence-electron chi connectivity index (χ4n) is 2.91. The van der Waals surface area contributed by atoms with Gasteiger partial charge in [-0.3, -0.25) is 14.4 Å². The molecule has 0 saturated heterocycles. The number of carbonyl (C=O) groups excluding carboxylic acids is 3. The number of benzene rings is 3. The Labute approximate surface area is 164 Å². The second-order valence-corrected chi connectivity index (χ2v) is 6.81. The Kier molecular flexibility index (Phi) is 5.84. The monoisotopic (exact) mass is 374 g/mol. The molecule has 3 aromatic carbocycles. The summed E-state index contributed by atoms with van der Waals surface area (Å²) in [6, 6.07) is 20.1. The zero-order valence-electron chi connectivity index (χ0n) is 15.9. The molecule has 5 nitrogen and oxygen atoms in total. The van der Waals surface area contributed by atoms with Gasteiger partial charge in [-0.15, -0.1) is 0 Å². The fourth-order valence-corrected chi connectivity index (χ4v) is 2.91. The number of fused-ring (bicyclic) bond motifs is 1. The Morgan fingerprint density at radius 1 is 0.786 bits per heavy atom. The van der Waals surface area contributed by atoms with E-state index in [2.05, 4.69) is 5.32 Å². The van der Waals surface area contributed by atoms with Crippen LogP contribution in [-0.4, -0.2) is 36.6 Å². The van der Waals surface area contributed by atoms with Crippen LogP contribution in [0.3, 0.4) is 0 Å². The number of ketones is 1. The lowest BCUT2D eigenvalue weighted by molar-refractivity contribution is -0.116. The highest BCUT2D eigenvalue weighted by molar-refractivity contribution is 6.02. The average Bonchev–Trinajstić information content (AvgIpc) is 2.71. The summed E-state index contributed by atoms with van der Waals surface area (Å²) in [5.74, 6) is -0.396. The van der Waals surface area contributed by atoms with Crippen molar-refractivity contribution in [3.05, 3.63) is 77.9 Å². The van der Waals surface area contributed by atoms with Gasteiger partial charge in [0.2, 0.25) is 5.91 Å². The molecule has 142 valence electrons. The number of rotatable bonds is 6. The third-order valence-corrected chi connectivity index (χ3v) is 4.47. The molecule has 5 heteroatoms. The van der Waals surface area contributed by atoms with Gasteiger partial charge in [0.1, 0.15) is 0 Å². The maximum atomic E-state index is 12.4. The Balaban J connectivity index is 1.56. The molecule has 0 spiro atoms. The van der Waals surface area contributed by atoms with Crippen LogP contribution >= 0.6 is 0 Å². The van der Waals surface area contributed by atoms with Crippen LogP contribution in [0, 0.1) is 0 Å². The van der Waals surface area contributed by atoms with Crippen LogP contribution in [0.25, 0.3) is 10.8 Å². The van der Waals surface area contributed by atoms with Gasteiger partial charge in [-0.05, 0) is 41.1 Å². The lowest BCUT2D eigenvalue weighted by Crippen LogP contribution is -2.21. The van der Waals surface area contributed by atoms with Crippen molar-refractivity contribution in [3.63, 3.8) is 0 Å². The van der Waals surface area contributed by atoms with E-state index >= 15 is 0 Å². The van der Waals surface area contributed by atoms with Crippen LogP contribution in [0.2, 0.25) is 0 Å². The van der Waals surface area contributed by atoms with Crippen LogP contribution in [-0.2, 0) is 4.79 Å². The van der Waals surface area contributed by atoms with E-state index in [1.807, 2.05) is 36.4 Å². The molecule has 0 aromatic heterocycles. The standard InChI is InChI=1S/C23H22N2O3/c1-25(2)23(28)17-9-11-20(12-10-17)24-22(27)14-13-21(26)19-8-7-16-5-3-4-6-18(16)15-19/h3-12,15H,13-14H2,1-2H3,(H,24,27). The molecule has 0 fully saturated rings. The van der Waals surface area contributed by atoms with Crippen LogP contribution in [0.15, 0.2) is 66.7 Å². The third-order valence-electron chi connectivity index (χ3n) is 4.47. The van der Waals surface area contributed by atoms with E-state index in [0.717, 1.165) is 10.8 Å². The lowest BCUT2D eigenvalue weighted by Gasteiger charge is -2.11. The number of hydrogen-bond acceptors (Lipinski definition) is 3. The Hall–Kier alpha value is -3.47. The van der Waals surface area contributed by atoms with Crippen LogP contribution in [0.1, 0.15) is 33.6 Å². The SMILES string of the molecule is CN(C)C(=O)c1ccc(NC(=O)CCC(=O)c2ccc3ccccc3c2)cc1. The van der Waals surface area contributed by atoms with Gasteiger partial charge in [-0.25, -0.2) is 0 Å². The van der Waals surface area contributed by atoms with Crippen molar-refractivity contribution in [1.82, 2.24) is 4.90 Å². The molecule has 28 heavy (non-hydrogen) atoms. The number of Topliss-reactive ketones (excluding diaryl/α,β-unsaturated/α-hetero) is 1. The van der Waals surface area contributed by atoms with Crippen LogP contribution in [0.5, 0.6) is 0 Å². The van der Waals surface area contributed by atoms with Crippen molar-refractivity contribution in [3.8, 4) is 0 Å². The highest BCUT2D eigenvalue weighted by Crippen LogP contribution is 2.17. The summed E-state index contributed by atoms with van der Waals surface area (Å²) >= 11 is 0. The number of amides is 2. The van der Waals surface area contributed by atoms with E-state index in [-0.39, 0.29) is 30.4 Å². The molecule has 2 amide bonds. The van der Waals surface area contributed by atoms with E-state index in [9.17, 15) is 14.4 Å². The van der Waals surface area contributed by atoms with Crippen LogP contribution in [0.4, 0.5) is 5.69 Å². The van der Waals surface area contributed by atoms with Gasteiger partial charge in [-0.1, -0.05) is 36.4 Å². The number of nitrogens with one attached hydrogen (secondary N) is 1. The van der Waals surface area contributed by atoms with E-state index in [0.29, 0.717) is 16.8 Å². The topological polar surface area (TPSA) is 66.5 Å². The molecule has 0 heterocycles. The minimum Gasteiger partial charge on any atom is -0.345 e. The Morgan fingerprint density at radius 3 is 2.11 bits per heavy atom. The first-order chi connectivity index (χ1) is 13.4. The van der Waals surface area contributed by atoms with E-state index in [1.54, 1.807) is 44.4 Å². The summed E-state index contributed by atoms with van der Waals surface area (Å²) in [5.41, 5.74) is 1.76. The normalized spacial score (nSPS) is 10.5. The first-order valence-electron chi connectivity index (χ1n) is 9.07. The summed E-state index contributed by atoms with van der Waals surface area (Å²) in [4.78, 5) is 37.9. The van der Waals surface area contributed by atoms with Gasteiger partial charge in [0.25, 0.3) is 5.91 Å². The third kappa shape index (κ3) is 4.62. The smallest absolute Gasteiger partial charge is 0.253 e. The lowest BCUT2D eigenvalue weighted by atomic mass is 10.0. The predicted molar refractivity (Wildman–Crippen MR) is 111 cm³/mol. The zero-order chi connectivity index (χ0) is 20.1. The van der Waals surface area contributed by atoms with E-state index in [1.165, 1.54) is 4.90 Å². The summed E-state index contributed by atoms with van der Waals surface area (Å²) in [7, 11) is 3.37. The van der Waals surface area contributed by atoms with Gasteiger partial charge >= 0.3 is 0 Å². The number of hydrogen-bond donors (Lipinski definition) is 1. The van der Waals surface area contributed by atoms with Gasteiger partial charge in [-0.2, -0.15) is 0 Å². The molecule has 0 atom stereocenters. The molecular weight excluding hydrogens is 352 g/mol. The first kappa shape index (κ1) is 19.3. The fraction of sp³-hybridized carbons (Fsp3) is 0.174. The van der Waals surface area contributed by atoms with E-state index in [4.69, 9.17) is 0 Å². The molecule has 3 rings (SSSR count). The Morgan fingerprint density at radius 2 is 1.43 bits per heavy atom. The van der Waals surface area contributed by atoms with Gasteiger partial charge in [0.05, 0.1) is 0 Å². The van der Waals surface area contributed by atoms with Crippen molar-refractivity contribution in [2.45, 2.75) is 12.8 Å². The second kappa shape index (κ2) is 8.48. The molecule has 0 unspecified atom stereocenters. The molecule has 3 aromatic rings. The Bertz CT molecular complexity index is 1020. The quantitative estimate of drug-likeness (QED) is 0.659. The maximum absolute atomic E-state index is 12.4. The van der Waals surface area contributed by atoms with Crippen molar-refractivity contribution in [1.29, 1.82) is 0 Å². The van der Waals surface area contributed by atoms with Gasteiger partial charge < -0.3 is 10.2 Å². The maximum Gasteiger partial charge on any atom is 0.253 e. The summed E-state index contributed by atoms with van der Waals surface area (Å²) in [5, 5.41) is 4.84. The molecule has 0 radical (unpaired) electrons. The summed E-state index contributed by atoms with van der Waals surface area (Å²) < 4.78 is 0. The summed E-state index contributed by atoms with van der Waals surface area (Å²) in [6.45, 7) is 0. The minimum atomic E-state index is -0.235. The minimum absolute atomic E-state index is 0.0622. The first-order valence-corrected chi connectivity index (χ1v) is 9.07. The molecular formula is C23H22N2O3. The molecule has 1 N–H and O–H groups in total. The largest absolute Gasteiger partial charge is 0.345 e. The van der Waals surface area contributed by atoms with Crippen molar-refractivity contribution in [2.24, 2.45) is 0 Å². The van der Waals surface area contributed by atoms with Crippen molar-refractivity contribution in [2.75, 3.05) is 19.4 Å². The number of nitrogens with zero attached hydrogens (tertiary/aromatic N) is 1. The van der Waals surface area contributed by atoms with Gasteiger partial charge in [0.15, 0.2) is 5.78 Å². The highest BCUT2D eigenvalue weighted by atomic mass is 16.2. The predicted octanol–water partition coefficient (Wildman–Crippen LogP) is 4.14. The van der Waals surface area contributed by atoms with Crippen molar-refractivity contribution >= 4 is 34.1 Å². The molecule has 0 aliphatic rings. The number of carbonyl (C=O) groups is 3.